The minimum atomic E-state index is -0.883. The van der Waals surface area contributed by atoms with Gasteiger partial charge in [0.05, 0.1) is 5.39 Å². The first-order valence-electron chi connectivity index (χ1n) is 7.23. The summed E-state index contributed by atoms with van der Waals surface area (Å²) in [6, 6.07) is 0. The molecular weight excluding hydrogens is 286 g/mol. The van der Waals surface area contributed by atoms with Crippen LogP contribution in [0, 0.1) is 19.8 Å². The Morgan fingerprint density at radius 3 is 2.81 bits per heavy atom. The van der Waals surface area contributed by atoms with Crippen molar-refractivity contribution in [2.45, 2.75) is 33.6 Å². The summed E-state index contributed by atoms with van der Waals surface area (Å²) in [4.78, 5) is 23.9. The van der Waals surface area contributed by atoms with Crippen LogP contribution in [-0.2, 0) is 0 Å². The Labute approximate surface area is 127 Å². The summed E-state index contributed by atoms with van der Waals surface area (Å²) in [5, 5.41) is 10.2. The van der Waals surface area contributed by atoms with Crippen LogP contribution in [0.25, 0.3) is 10.2 Å². The van der Waals surface area contributed by atoms with Gasteiger partial charge >= 0.3 is 5.97 Å². The maximum Gasteiger partial charge on any atom is 0.346 e. The third-order valence-electron chi connectivity index (χ3n) is 4.03. The van der Waals surface area contributed by atoms with Gasteiger partial charge < -0.3 is 10.0 Å². The van der Waals surface area contributed by atoms with E-state index in [1.807, 2.05) is 13.8 Å². The smallest absolute Gasteiger partial charge is 0.346 e. The van der Waals surface area contributed by atoms with Crippen molar-refractivity contribution in [2.24, 2.45) is 5.92 Å². The Hall–Kier alpha value is -1.69. The molecule has 0 aromatic carbocycles. The highest BCUT2D eigenvalue weighted by Gasteiger charge is 2.24. The molecule has 0 aliphatic carbocycles. The van der Waals surface area contributed by atoms with Gasteiger partial charge in [-0.2, -0.15) is 0 Å². The van der Waals surface area contributed by atoms with E-state index in [0.717, 1.165) is 41.1 Å². The van der Waals surface area contributed by atoms with Gasteiger partial charge in [0.25, 0.3) is 0 Å². The highest BCUT2D eigenvalue weighted by molar-refractivity contribution is 7.20. The molecule has 0 bridgehead atoms. The highest BCUT2D eigenvalue weighted by Crippen LogP contribution is 2.36. The van der Waals surface area contributed by atoms with Gasteiger partial charge in [-0.05, 0) is 38.2 Å². The molecule has 0 spiro atoms. The topological polar surface area (TPSA) is 66.3 Å². The number of carboxylic acid groups (broad SMARTS) is 1. The maximum absolute atomic E-state index is 11.4. The molecule has 1 atom stereocenters. The lowest BCUT2D eigenvalue weighted by Gasteiger charge is -2.32. The Morgan fingerprint density at radius 1 is 1.38 bits per heavy atom. The second-order valence-electron chi connectivity index (χ2n) is 5.83. The average Bonchev–Trinajstić information content (AvgIpc) is 2.75. The van der Waals surface area contributed by atoms with Crippen LogP contribution in [0.2, 0.25) is 0 Å². The zero-order valence-corrected chi connectivity index (χ0v) is 13.3. The lowest BCUT2D eigenvalue weighted by atomic mass is 10.00. The minimum Gasteiger partial charge on any atom is -0.477 e. The Balaban J connectivity index is 2.19. The van der Waals surface area contributed by atoms with E-state index in [1.165, 1.54) is 17.8 Å². The molecule has 1 saturated heterocycles. The average molecular weight is 305 g/mol. The van der Waals surface area contributed by atoms with E-state index in [0.29, 0.717) is 16.6 Å². The molecule has 2 aromatic heterocycles. The second-order valence-corrected chi connectivity index (χ2v) is 6.83. The first-order valence-corrected chi connectivity index (χ1v) is 8.05. The molecule has 1 aliphatic heterocycles. The quantitative estimate of drug-likeness (QED) is 0.922. The fraction of sp³-hybridized carbons (Fsp3) is 0.533. The van der Waals surface area contributed by atoms with Crippen molar-refractivity contribution in [3.05, 3.63) is 16.3 Å². The van der Waals surface area contributed by atoms with E-state index in [4.69, 9.17) is 0 Å². The van der Waals surface area contributed by atoms with E-state index in [-0.39, 0.29) is 0 Å². The van der Waals surface area contributed by atoms with Gasteiger partial charge in [0.1, 0.15) is 21.3 Å². The molecule has 21 heavy (non-hydrogen) atoms. The second kappa shape index (κ2) is 5.26. The van der Waals surface area contributed by atoms with Crippen molar-refractivity contribution < 1.29 is 9.90 Å². The van der Waals surface area contributed by atoms with Crippen molar-refractivity contribution >= 4 is 33.3 Å². The van der Waals surface area contributed by atoms with E-state index in [9.17, 15) is 9.90 Å². The zero-order chi connectivity index (χ0) is 15.1. The number of rotatable bonds is 2. The zero-order valence-electron chi connectivity index (χ0n) is 12.5. The van der Waals surface area contributed by atoms with Crippen molar-refractivity contribution in [2.75, 3.05) is 18.0 Å². The molecule has 0 radical (unpaired) electrons. The van der Waals surface area contributed by atoms with Gasteiger partial charge in [0, 0.05) is 13.1 Å². The lowest BCUT2D eigenvalue weighted by Crippen LogP contribution is -2.35. The number of carboxylic acids is 1. The summed E-state index contributed by atoms with van der Waals surface area (Å²) in [7, 11) is 0. The van der Waals surface area contributed by atoms with Gasteiger partial charge in [-0.1, -0.05) is 6.92 Å². The van der Waals surface area contributed by atoms with Gasteiger partial charge in [-0.3, -0.25) is 0 Å². The molecule has 6 heteroatoms. The fourth-order valence-electron chi connectivity index (χ4n) is 3.04. The predicted octanol–water partition coefficient (Wildman–Crippen LogP) is 3.24. The number of hydrogen-bond acceptors (Lipinski definition) is 5. The molecule has 112 valence electrons. The third-order valence-corrected chi connectivity index (χ3v) is 5.21. The molecule has 3 rings (SSSR count). The molecule has 5 nitrogen and oxygen atoms in total. The number of hydrogen-bond donors (Lipinski definition) is 1. The number of aryl methyl sites for hydroxylation is 2. The summed E-state index contributed by atoms with van der Waals surface area (Å²) in [6.07, 6.45) is 2.40. The van der Waals surface area contributed by atoms with Crippen LogP contribution >= 0.6 is 11.3 Å². The highest BCUT2D eigenvalue weighted by atomic mass is 32.1. The Kier molecular flexibility index (Phi) is 3.57. The van der Waals surface area contributed by atoms with Crippen LogP contribution in [-0.4, -0.2) is 34.1 Å². The minimum absolute atomic E-state index is 0.371. The summed E-state index contributed by atoms with van der Waals surface area (Å²) in [5.74, 6) is 1.37. The van der Waals surface area contributed by atoms with Crippen LogP contribution in [0.15, 0.2) is 0 Å². The standard InChI is InChI=1S/C15H19N3O2S/c1-8-5-4-6-18(7-8)13-11-9(2)12(15(19)20)21-14(11)17-10(3)16-13/h8H,4-7H2,1-3H3,(H,19,20). The Morgan fingerprint density at radius 2 is 2.14 bits per heavy atom. The number of anilines is 1. The number of thiophene rings is 1. The first kappa shape index (κ1) is 14.3. The van der Waals surface area contributed by atoms with Gasteiger partial charge in [-0.25, -0.2) is 14.8 Å². The normalized spacial score (nSPS) is 19.2. The van der Waals surface area contributed by atoms with Crippen molar-refractivity contribution in [1.29, 1.82) is 0 Å². The number of fused-ring (bicyclic) bond motifs is 1. The number of aromatic carboxylic acids is 1. The molecule has 1 unspecified atom stereocenters. The predicted molar refractivity (Wildman–Crippen MR) is 84.5 cm³/mol. The number of carbonyl (C=O) groups is 1. The molecule has 1 N–H and O–H groups in total. The molecule has 0 amide bonds. The van der Waals surface area contributed by atoms with Crippen LogP contribution in [0.4, 0.5) is 5.82 Å². The van der Waals surface area contributed by atoms with Crippen LogP contribution in [0.1, 0.15) is 40.8 Å². The van der Waals surface area contributed by atoms with Crippen molar-refractivity contribution in [3.8, 4) is 0 Å². The lowest BCUT2D eigenvalue weighted by molar-refractivity contribution is 0.0701. The van der Waals surface area contributed by atoms with Gasteiger partial charge in [0.15, 0.2) is 0 Å². The third kappa shape index (κ3) is 2.48. The summed E-state index contributed by atoms with van der Waals surface area (Å²) >= 11 is 1.25. The van der Waals surface area contributed by atoms with Crippen molar-refractivity contribution in [1.82, 2.24) is 9.97 Å². The largest absolute Gasteiger partial charge is 0.477 e. The molecule has 2 aromatic rings. The number of aromatic nitrogens is 2. The van der Waals surface area contributed by atoms with Crippen LogP contribution < -0.4 is 4.90 Å². The molecule has 1 aliphatic rings. The van der Waals surface area contributed by atoms with Crippen molar-refractivity contribution in [3.63, 3.8) is 0 Å². The molecular formula is C15H19N3O2S. The molecule has 0 saturated carbocycles. The van der Waals surface area contributed by atoms with E-state index >= 15 is 0 Å². The number of piperidine rings is 1. The summed E-state index contributed by atoms with van der Waals surface area (Å²) < 4.78 is 0. The van der Waals surface area contributed by atoms with E-state index < -0.39 is 5.97 Å². The fourth-order valence-corrected chi connectivity index (χ4v) is 4.10. The van der Waals surface area contributed by atoms with Crippen LogP contribution in [0.5, 0.6) is 0 Å². The van der Waals surface area contributed by atoms with Gasteiger partial charge in [0.2, 0.25) is 0 Å². The van der Waals surface area contributed by atoms with Crippen LogP contribution in [0.3, 0.4) is 0 Å². The molecule has 3 heterocycles. The van der Waals surface area contributed by atoms with Gasteiger partial charge in [-0.15, -0.1) is 11.3 Å². The first-order chi connectivity index (χ1) is 9.97. The summed E-state index contributed by atoms with van der Waals surface area (Å²) in [5.41, 5.74) is 0.788. The molecule has 1 fully saturated rings. The Bertz CT molecular complexity index is 710. The SMILES string of the molecule is Cc1nc(N2CCCC(C)C2)c2c(C)c(C(=O)O)sc2n1. The van der Waals surface area contributed by atoms with E-state index in [2.05, 4.69) is 21.8 Å². The van der Waals surface area contributed by atoms with E-state index in [1.54, 1.807) is 0 Å². The monoisotopic (exact) mass is 305 g/mol. The summed E-state index contributed by atoms with van der Waals surface area (Å²) in [6.45, 7) is 7.93. The maximum atomic E-state index is 11.4. The number of nitrogens with zero attached hydrogens (tertiary/aromatic N) is 3.